The minimum atomic E-state index is -4.49. The van der Waals surface area contributed by atoms with Crippen molar-refractivity contribution in [2.24, 2.45) is 0 Å². The normalized spacial score (nSPS) is 22.3. The molecule has 1 fully saturated rings. The van der Waals surface area contributed by atoms with E-state index in [2.05, 4.69) is 10.3 Å². The summed E-state index contributed by atoms with van der Waals surface area (Å²) in [6.07, 6.45) is 5.07. The number of piperazine rings is 1. The molecule has 2 N–H and O–H groups in total. The van der Waals surface area contributed by atoms with Gasteiger partial charge in [0.1, 0.15) is 17.8 Å². The second-order valence-corrected chi connectivity index (χ2v) is 11.6. The van der Waals surface area contributed by atoms with Gasteiger partial charge in [0.05, 0.1) is 4.92 Å². The number of hydrogen-bond donors (Lipinski definition) is 2. The number of aliphatic carboxylic acids is 1. The van der Waals surface area contributed by atoms with E-state index in [1.807, 2.05) is 12.1 Å². The first-order valence-electron chi connectivity index (χ1n) is 12.7. The number of amides is 2. The quantitative estimate of drug-likeness (QED) is 0.251. The first-order chi connectivity index (χ1) is 19.6. The molecule has 2 amide bonds. The highest BCUT2D eigenvalue weighted by Gasteiger charge is 2.47. The van der Waals surface area contributed by atoms with Gasteiger partial charge in [-0.3, -0.25) is 24.7 Å². The van der Waals surface area contributed by atoms with E-state index < -0.39 is 68.0 Å². The van der Waals surface area contributed by atoms with Crippen molar-refractivity contribution in [3.63, 3.8) is 0 Å². The first-order valence-corrected chi connectivity index (χ1v) is 14.1. The lowest BCUT2D eigenvalue weighted by Gasteiger charge is -2.45. The molecule has 5 rings (SSSR count). The molecular formula is C27H25N5O8S. The van der Waals surface area contributed by atoms with Crippen molar-refractivity contribution in [1.82, 2.24) is 19.5 Å². The highest BCUT2D eigenvalue weighted by Crippen LogP contribution is 2.31. The Morgan fingerprint density at radius 1 is 1.02 bits per heavy atom. The highest BCUT2D eigenvalue weighted by atomic mass is 32.2. The topological polar surface area (TPSA) is 180 Å². The number of nitrogens with one attached hydrogen (secondary N) is 1. The highest BCUT2D eigenvalue weighted by molar-refractivity contribution is 7.89. The molecule has 3 atom stereocenters. The van der Waals surface area contributed by atoms with Gasteiger partial charge >= 0.3 is 5.97 Å². The van der Waals surface area contributed by atoms with Gasteiger partial charge in [0, 0.05) is 36.8 Å². The van der Waals surface area contributed by atoms with E-state index in [4.69, 9.17) is 0 Å². The smallest absolute Gasteiger partial charge is 0.327 e. The minimum absolute atomic E-state index is 0.0864. The van der Waals surface area contributed by atoms with Crippen LogP contribution < -0.4 is 5.32 Å². The lowest BCUT2D eigenvalue weighted by Crippen LogP contribution is -2.66. The van der Waals surface area contributed by atoms with E-state index in [0.29, 0.717) is 5.39 Å². The number of rotatable bonds is 6. The second kappa shape index (κ2) is 11.1. The molecule has 1 saturated heterocycles. The zero-order valence-corrected chi connectivity index (χ0v) is 22.3. The van der Waals surface area contributed by atoms with Gasteiger partial charge in [-0.25, -0.2) is 13.2 Å². The number of nitro benzene ring substituents is 1. The Morgan fingerprint density at radius 2 is 1.73 bits per heavy atom. The summed E-state index contributed by atoms with van der Waals surface area (Å²) in [6.45, 7) is -0.916. The Kier molecular flexibility index (Phi) is 7.51. The maximum atomic E-state index is 13.8. The van der Waals surface area contributed by atoms with Gasteiger partial charge < -0.3 is 15.3 Å². The number of sulfonamides is 1. The summed E-state index contributed by atoms with van der Waals surface area (Å²) in [7, 11) is -4.49. The lowest BCUT2D eigenvalue weighted by molar-refractivity contribution is -0.387. The number of carboxylic acid groups (broad SMARTS) is 1. The van der Waals surface area contributed by atoms with Crippen molar-refractivity contribution in [1.29, 1.82) is 0 Å². The molecule has 3 heterocycles. The fourth-order valence-electron chi connectivity index (χ4n) is 5.23. The number of carbonyl (C=O) groups is 3. The second-order valence-electron chi connectivity index (χ2n) is 9.65. The number of fused-ring (bicyclic) bond motifs is 2. The van der Waals surface area contributed by atoms with Crippen LogP contribution in [-0.2, 0) is 19.6 Å². The third-order valence-electron chi connectivity index (χ3n) is 7.18. The average molecular weight is 580 g/mol. The Bertz CT molecular complexity index is 1690. The van der Waals surface area contributed by atoms with E-state index in [9.17, 15) is 38.0 Å². The van der Waals surface area contributed by atoms with E-state index in [1.54, 1.807) is 30.4 Å². The summed E-state index contributed by atoms with van der Waals surface area (Å²) < 4.78 is 27.9. The van der Waals surface area contributed by atoms with Gasteiger partial charge in [-0.15, -0.1) is 0 Å². The van der Waals surface area contributed by atoms with Gasteiger partial charge in [0.2, 0.25) is 15.9 Å². The standard InChI is InChI=1S/C27H25N5O8S/c33-25(24-19-9-3-1-7-17(19)13-14-28-24)29-20-10-4-2-8-18-15-30(16-22(27(35)36)31(18)26(20)34)41(39,40)23-12-6-5-11-21(23)32(37)38/h1-7,9,11-14,18,20,22H,8,10,15-16H2,(H,29,33)(H,35,36)/b4-2-. The van der Waals surface area contributed by atoms with Crippen LogP contribution in [0.4, 0.5) is 5.69 Å². The molecular weight excluding hydrogens is 554 g/mol. The summed E-state index contributed by atoms with van der Waals surface area (Å²) in [5, 5.41) is 25.6. The van der Waals surface area contributed by atoms with Crippen LogP contribution >= 0.6 is 0 Å². The number of carbonyl (C=O) groups excluding carboxylic acids is 2. The van der Waals surface area contributed by atoms with Crippen LogP contribution in [0.2, 0.25) is 0 Å². The average Bonchev–Trinajstić information content (AvgIpc) is 2.96. The van der Waals surface area contributed by atoms with Crippen molar-refractivity contribution in [2.75, 3.05) is 13.1 Å². The summed E-state index contributed by atoms with van der Waals surface area (Å²) in [4.78, 5) is 54.8. The van der Waals surface area contributed by atoms with Gasteiger partial charge in [-0.2, -0.15) is 4.31 Å². The Labute approximate surface area is 234 Å². The monoisotopic (exact) mass is 579 g/mol. The number of pyridine rings is 1. The van der Waals surface area contributed by atoms with Crippen LogP contribution in [-0.4, -0.2) is 81.6 Å². The molecule has 0 spiro atoms. The fourth-order valence-corrected chi connectivity index (χ4v) is 6.87. The van der Waals surface area contributed by atoms with Crippen molar-refractivity contribution < 1.29 is 32.8 Å². The maximum Gasteiger partial charge on any atom is 0.327 e. The molecule has 41 heavy (non-hydrogen) atoms. The molecule has 212 valence electrons. The van der Waals surface area contributed by atoms with Crippen LogP contribution in [0.25, 0.3) is 10.8 Å². The molecule has 14 heteroatoms. The number of benzene rings is 2. The predicted molar refractivity (Wildman–Crippen MR) is 145 cm³/mol. The van der Waals surface area contributed by atoms with Gasteiger partial charge in [-0.1, -0.05) is 48.6 Å². The van der Waals surface area contributed by atoms with Gasteiger partial charge in [0.25, 0.3) is 11.6 Å². The molecule has 2 aliphatic heterocycles. The maximum absolute atomic E-state index is 13.8. The summed E-state index contributed by atoms with van der Waals surface area (Å²) in [5.41, 5.74) is -0.533. The fraction of sp³-hybridized carbons (Fsp3) is 0.259. The third-order valence-corrected chi connectivity index (χ3v) is 9.06. The Hall–Kier alpha value is -4.69. The summed E-state index contributed by atoms with van der Waals surface area (Å²) in [5.74, 6) is -2.74. The zero-order chi connectivity index (χ0) is 29.3. The molecule has 0 aliphatic carbocycles. The molecule has 2 aliphatic rings. The van der Waals surface area contributed by atoms with Crippen molar-refractivity contribution >= 4 is 44.3 Å². The summed E-state index contributed by atoms with van der Waals surface area (Å²) in [6, 6.07) is 10.0. The van der Waals surface area contributed by atoms with E-state index in [1.165, 1.54) is 18.3 Å². The predicted octanol–water partition coefficient (Wildman–Crippen LogP) is 1.95. The minimum Gasteiger partial charge on any atom is -0.480 e. The molecule has 0 radical (unpaired) electrons. The van der Waals surface area contributed by atoms with E-state index in [-0.39, 0.29) is 25.1 Å². The first kappa shape index (κ1) is 27.9. The number of para-hydroxylation sites is 1. The third kappa shape index (κ3) is 5.26. The molecule has 13 nitrogen and oxygen atoms in total. The van der Waals surface area contributed by atoms with E-state index in [0.717, 1.165) is 26.7 Å². The number of hydrogen-bond acceptors (Lipinski definition) is 8. The van der Waals surface area contributed by atoms with Gasteiger partial charge in [-0.05, 0) is 30.4 Å². The Balaban J connectivity index is 1.45. The van der Waals surface area contributed by atoms with Crippen molar-refractivity contribution in [3.05, 3.63) is 88.8 Å². The Morgan fingerprint density at radius 3 is 2.49 bits per heavy atom. The summed E-state index contributed by atoms with van der Waals surface area (Å²) >= 11 is 0. The number of aromatic nitrogens is 1. The molecule has 3 unspecified atom stereocenters. The lowest BCUT2D eigenvalue weighted by atomic mass is 9.98. The molecule has 3 aromatic rings. The van der Waals surface area contributed by atoms with E-state index >= 15 is 0 Å². The van der Waals surface area contributed by atoms with Crippen LogP contribution in [0, 0.1) is 10.1 Å². The molecule has 0 bridgehead atoms. The van der Waals surface area contributed by atoms with Crippen LogP contribution in [0.5, 0.6) is 0 Å². The number of carboxylic acids is 1. The molecule has 2 aromatic carbocycles. The van der Waals surface area contributed by atoms with Gasteiger partial charge in [0.15, 0.2) is 4.90 Å². The van der Waals surface area contributed by atoms with Crippen molar-refractivity contribution in [3.8, 4) is 0 Å². The number of nitrogens with zero attached hydrogens (tertiary/aromatic N) is 4. The van der Waals surface area contributed by atoms with Crippen LogP contribution in [0.3, 0.4) is 0 Å². The molecule has 0 saturated carbocycles. The zero-order valence-electron chi connectivity index (χ0n) is 21.5. The SMILES string of the molecule is O=C(NC1C/C=C\CC2CN(S(=O)(=O)c3ccccc3[N+](=O)[O-])CC(C(=O)O)N2C1=O)c1nccc2ccccc12. The van der Waals surface area contributed by atoms with Crippen LogP contribution in [0.15, 0.2) is 77.8 Å². The van der Waals surface area contributed by atoms with Crippen molar-refractivity contribution in [2.45, 2.75) is 35.9 Å². The molecule has 1 aromatic heterocycles. The van der Waals surface area contributed by atoms with Crippen LogP contribution in [0.1, 0.15) is 23.3 Å². The largest absolute Gasteiger partial charge is 0.480 e. The number of nitro groups is 1.